The number of rotatable bonds is 8. The van der Waals surface area contributed by atoms with E-state index in [0.717, 1.165) is 40.6 Å². The first-order valence-corrected chi connectivity index (χ1v) is 9.13. The molecule has 0 heterocycles. The van der Waals surface area contributed by atoms with Gasteiger partial charge in [0.05, 0.1) is 55.5 Å². The van der Waals surface area contributed by atoms with Crippen molar-refractivity contribution in [3.63, 3.8) is 0 Å². The number of hydrogen-bond acceptors (Lipinski definition) is 14. The molecule has 0 bridgehead atoms. The zero-order valence-corrected chi connectivity index (χ0v) is 18.5. The van der Waals surface area contributed by atoms with Gasteiger partial charge in [-0.3, -0.25) is 25.7 Å². The highest BCUT2D eigenvalue weighted by Crippen LogP contribution is 2.35. The van der Waals surface area contributed by atoms with Gasteiger partial charge in [0, 0.05) is 6.07 Å². The number of hydrogen-bond donors (Lipinski definition) is 1. The number of carbonyl (C=O) groups excluding carboxylic acids is 4. The van der Waals surface area contributed by atoms with Gasteiger partial charge in [-0.25, -0.2) is 19.2 Å². The van der Waals surface area contributed by atoms with Crippen LogP contribution in [-0.4, -0.2) is 67.9 Å². The highest BCUT2D eigenvalue weighted by Gasteiger charge is 2.46. The summed E-state index contributed by atoms with van der Waals surface area (Å²) < 4.78 is 18.5. The number of nitrogens with one attached hydrogen (secondary N) is 1. The first-order chi connectivity index (χ1) is 16.5. The van der Waals surface area contributed by atoms with E-state index in [1.54, 1.807) is 0 Å². The van der Waals surface area contributed by atoms with Crippen LogP contribution in [0.2, 0.25) is 0 Å². The second-order valence-electron chi connectivity index (χ2n) is 6.25. The second-order valence-corrected chi connectivity index (χ2v) is 6.25. The second kappa shape index (κ2) is 10.6. The fraction of sp³-hybridized carbons (Fsp3) is 0.211. The molecule has 16 nitrogen and oxygen atoms in total. The zero-order chi connectivity index (χ0) is 26.4. The minimum absolute atomic E-state index is 0.396. The van der Waals surface area contributed by atoms with Crippen LogP contribution >= 0.6 is 0 Å². The SMILES string of the molecule is COC(=O)C1=C(C(=O)OC)C(C(=O)OC)=C(C(=O)OC)C1=NNc1ccc([N+](=O)[O-])cc1[N+](=O)[O-]. The van der Waals surface area contributed by atoms with Crippen molar-refractivity contribution in [2.24, 2.45) is 5.10 Å². The molecule has 16 heteroatoms. The van der Waals surface area contributed by atoms with Gasteiger partial charge in [-0.2, -0.15) is 5.10 Å². The van der Waals surface area contributed by atoms with Gasteiger partial charge in [0.1, 0.15) is 22.5 Å². The van der Waals surface area contributed by atoms with E-state index in [1.165, 1.54) is 0 Å². The van der Waals surface area contributed by atoms with Gasteiger partial charge >= 0.3 is 29.6 Å². The van der Waals surface area contributed by atoms with Crippen molar-refractivity contribution >= 4 is 46.7 Å². The summed E-state index contributed by atoms with van der Waals surface area (Å²) in [7, 11) is 3.74. The number of methoxy groups -OCH3 is 4. The minimum atomic E-state index is -1.24. The lowest BCUT2D eigenvalue weighted by Gasteiger charge is -2.09. The first-order valence-electron chi connectivity index (χ1n) is 9.13. The largest absolute Gasteiger partial charge is 0.465 e. The molecule has 1 aliphatic rings. The molecular weight excluding hydrogens is 476 g/mol. The Balaban J connectivity index is 2.86. The van der Waals surface area contributed by atoms with E-state index < -0.39 is 78.8 Å². The molecule has 0 aliphatic heterocycles. The predicted molar refractivity (Wildman–Crippen MR) is 113 cm³/mol. The van der Waals surface area contributed by atoms with Crippen molar-refractivity contribution in [2.45, 2.75) is 0 Å². The van der Waals surface area contributed by atoms with Crippen molar-refractivity contribution in [2.75, 3.05) is 33.9 Å². The van der Waals surface area contributed by atoms with Gasteiger partial charge < -0.3 is 18.9 Å². The lowest BCUT2D eigenvalue weighted by molar-refractivity contribution is -0.393. The van der Waals surface area contributed by atoms with Gasteiger partial charge in [-0.15, -0.1) is 0 Å². The molecule has 1 N–H and O–H groups in total. The molecule has 0 aromatic heterocycles. The zero-order valence-electron chi connectivity index (χ0n) is 18.5. The van der Waals surface area contributed by atoms with Crippen LogP contribution in [0.1, 0.15) is 0 Å². The van der Waals surface area contributed by atoms with Crippen molar-refractivity contribution < 1.29 is 48.0 Å². The van der Waals surface area contributed by atoms with Crippen LogP contribution in [0.25, 0.3) is 0 Å². The molecule has 184 valence electrons. The van der Waals surface area contributed by atoms with E-state index in [2.05, 4.69) is 29.5 Å². The van der Waals surface area contributed by atoms with E-state index in [9.17, 15) is 39.4 Å². The molecule has 1 aromatic rings. The van der Waals surface area contributed by atoms with Gasteiger partial charge in [0.15, 0.2) is 0 Å². The van der Waals surface area contributed by atoms with Crippen LogP contribution in [0.4, 0.5) is 17.1 Å². The Hall–Kier alpha value is -5.15. The monoisotopic (exact) mass is 492 g/mol. The Morgan fingerprint density at radius 2 is 1.17 bits per heavy atom. The van der Waals surface area contributed by atoms with Gasteiger partial charge in [0.25, 0.3) is 5.69 Å². The number of nitro benzene ring substituents is 2. The van der Waals surface area contributed by atoms with Crippen molar-refractivity contribution in [1.82, 2.24) is 0 Å². The Morgan fingerprint density at radius 1 is 0.743 bits per heavy atom. The average Bonchev–Trinajstić information content (AvgIpc) is 3.20. The minimum Gasteiger partial charge on any atom is -0.465 e. The number of hydrazone groups is 1. The molecule has 0 fully saturated rings. The highest BCUT2D eigenvalue weighted by atomic mass is 16.6. The molecule has 0 atom stereocenters. The maximum atomic E-state index is 12.6. The summed E-state index contributed by atoms with van der Waals surface area (Å²) in [5, 5.41) is 26.1. The van der Waals surface area contributed by atoms with Gasteiger partial charge in [0.2, 0.25) is 0 Å². The van der Waals surface area contributed by atoms with E-state index in [-0.39, 0.29) is 0 Å². The summed E-state index contributed by atoms with van der Waals surface area (Å²) in [6.07, 6.45) is 0. The molecule has 0 amide bonds. The Kier molecular flexibility index (Phi) is 7.94. The van der Waals surface area contributed by atoms with E-state index in [0.29, 0.717) is 6.07 Å². The van der Waals surface area contributed by atoms with E-state index in [1.807, 2.05) is 0 Å². The normalized spacial score (nSPS) is 12.6. The number of carbonyl (C=O) groups is 4. The van der Waals surface area contributed by atoms with Crippen molar-refractivity contribution in [3.05, 3.63) is 60.7 Å². The number of ether oxygens (including phenoxy) is 4. The van der Waals surface area contributed by atoms with Crippen molar-refractivity contribution in [3.8, 4) is 0 Å². The molecule has 0 radical (unpaired) electrons. The molecular formula is C19H16N4O12. The summed E-state index contributed by atoms with van der Waals surface area (Å²) in [6.45, 7) is 0. The molecule has 2 rings (SSSR count). The predicted octanol–water partition coefficient (Wildman–Crippen LogP) is 0.570. The molecule has 0 saturated carbocycles. The lowest BCUT2D eigenvalue weighted by Crippen LogP contribution is -2.21. The standard InChI is InChI=1S/C19H16N4O12/c1-32-16(24)11-12(17(25)33-2)14(19(27)35-4)15(13(11)18(26)34-3)21-20-9-6-5-8(22(28)29)7-10(9)23(30)31/h5-7,20H,1-4H3. The summed E-state index contributed by atoms with van der Waals surface area (Å²) in [5.41, 5.74) is -3.12. The summed E-state index contributed by atoms with van der Waals surface area (Å²) in [4.78, 5) is 70.6. The molecule has 1 aromatic carbocycles. The topological polar surface area (TPSA) is 216 Å². The van der Waals surface area contributed by atoms with Gasteiger partial charge in [-0.05, 0) is 6.07 Å². The maximum Gasteiger partial charge on any atom is 0.341 e. The highest BCUT2D eigenvalue weighted by molar-refractivity contribution is 6.44. The summed E-state index contributed by atoms with van der Waals surface area (Å²) >= 11 is 0. The summed E-state index contributed by atoms with van der Waals surface area (Å²) in [5.74, 6) is -4.94. The number of nitrogens with zero attached hydrogens (tertiary/aromatic N) is 3. The number of anilines is 1. The number of benzene rings is 1. The summed E-state index contributed by atoms with van der Waals surface area (Å²) in [6, 6.07) is 2.52. The van der Waals surface area contributed by atoms with Crippen molar-refractivity contribution in [1.29, 1.82) is 0 Å². The number of non-ortho nitro benzene ring substituents is 1. The maximum absolute atomic E-state index is 12.6. The van der Waals surface area contributed by atoms with Crippen LogP contribution in [0.5, 0.6) is 0 Å². The third-order valence-electron chi connectivity index (χ3n) is 4.46. The van der Waals surface area contributed by atoms with Crippen LogP contribution in [0, 0.1) is 20.2 Å². The molecule has 1 aliphatic carbocycles. The molecule has 35 heavy (non-hydrogen) atoms. The average molecular weight is 492 g/mol. The Bertz CT molecular complexity index is 1190. The third-order valence-corrected chi connectivity index (χ3v) is 4.46. The van der Waals surface area contributed by atoms with Crippen LogP contribution in [0.3, 0.4) is 0 Å². The van der Waals surface area contributed by atoms with E-state index >= 15 is 0 Å². The Morgan fingerprint density at radius 3 is 1.54 bits per heavy atom. The van der Waals surface area contributed by atoms with Crippen LogP contribution in [0.15, 0.2) is 45.6 Å². The Labute approximate surface area is 195 Å². The fourth-order valence-electron chi connectivity index (χ4n) is 2.93. The number of nitro groups is 2. The molecule has 0 spiro atoms. The quantitative estimate of drug-likeness (QED) is 0.227. The van der Waals surface area contributed by atoms with Gasteiger partial charge in [-0.1, -0.05) is 0 Å². The molecule has 0 saturated heterocycles. The lowest BCUT2D eigenvalue weighted by atomic mass is 10.1. The first kappa shape index (κ1) is 26.1. The van der Waals surface area contributed by atoms with Crippen LogP contribution < -0.4 is 5.43 Å². The smallest absolute Gasteiger partial charge is 0.341 e. The van der Waals surface area contributed by atoms with E-state index in [4.69, 9.17) is 0 Å². The molecule has 0 unspecified atom stereocenters. The fourth-order valence-corrected chi connectivity index (χ4v) is 2.93. The third kappa shape index (κ3) is 4.95. The van der Waals surface area contributed by atoms with Crippen LogP contribution in [-0.2, 0) is 38.1 Å². The number of esters is 4.